The summed E-state index contributed by atoms with van der Waals surface area (Å²) in [5.41, 5.74) is 8.10. The smallest absolute Gasteiger partial charge is 0.326 e. The van der Waals surface area contributed by atoms with Gasteiger partial charge in [0.25, 0.3) is 0 Å². The fourth-order valence-electron chi connectivity index (χ4n) is 4.86. The number of phenolic OH excluding ortho intramolecular Hbond substituents is 1. The molecular weight excluding hydrogens is 502 g/mol. The zero-order valence-electron chi connectivity index (χ0n) is 21.6. The maximum Gasteiger partial charge on any atom is 0.326 e. The highest BCUT2D eigenvalue weighted by atomic mass is 16.4. The van der Waals surface area contributed by atoms with Crippen LogP contribution in [-0.2, 0) is 32.0 Å². The van der Waals surface area contributed by atoms with Gasteiger partial charge in [-0.05, 0) is 49.1 Å². The minimum Gasteiger partial charge on any atom is -0.508 e. The predicted octanol–water partition coefficient (Wildman–Crippen LogP) is 1.05. The van der Waals surface area contributed by atoms with Crippen LogP contribution in [0.1, 0.15) is 30.9 Å². The van der Waals surface area contributed by atoms with E-state index in [-0.39, 0.29) is 18.6 Å². The second kappa shape index (κ2) is 12.0. The van der Waals surface area contributed by atoms with Crippen molar-refractivity contribution in [3.05, 3.63) is 65.9 Å². The zero-order valence-corrected chi connectivity index (χ0v) is 21.6. The molecule has 4 rings (SSSR count). The van der Waals surface area contributed by atoms with Crippen molar-refractivity contribution in [2.24, 2.45) is 5.73 Å². The number of rotatable bonds is 10. The maximum absolute atomic E-state index is 13.8. The predicted molar refractivity (Wildman–Crippen MR) is 144 cm³/mol. The second-order valence-corrected chi connectivity index (χ2v) is 9.87. The molecule has 11 nitrogen and oxygen atoms in total. The van der Waals surface area contributed by atoms with E-state index in [1.807, 2.05) is 24.3 Å². The van der Waals surface area contributed by atoms with Gasteiger partial charge in [0.1, 0.15) is 23.9 Å². The first kappa shape index (κ1) is 27.6. The lowest BCUT2D eigenvalue weighted by Gasteiger charge is -2.30. The fourth-order valence-corrected chi connectivity index (χ4v) is 4.86. The Hall–Kier alpha value is -4.38. The van der Waals surface area contributed by atoms with Crippen molar-refractivity contribution >= 4 is 34.6 Å². The Bertz CT molecular complexity index is 1350. The van der Waals surface area contributed by atoms with Crippen molar-refractivity contribution in [3.8, 4) is 5.75 Å². The normalized spacial score (nSPS) is 17.4. The van der Waals surface area contributed by atoms with Gasteiger partial charge in [0, 0.05) is 36.5 Å². The quantitative estimate of drug-likeness (QED) is 0.225. The van der Waals surface area contributed by atoms with E-state index in [1.54, 1.807) is 18.3 Å². The molecule has 0 saturated carbocycles. The number of aromatic hydroxyl groups is 1. The Kier molecular flexibility index (Phi) is 8.50. The van der Waals surface area contributed by atoms with Crippen LogP contribution in [0.4, 0.5) is 0 Å². The third-order valence-electron chi connectivity index (χ3n) is 6.96. The lowest BCUT2D eigenvalue weighted by Crippen LogP contribution is -2.57. The number of carboxylic acid groups (broad SMARTS) is 1. The molecule has 2 aromatic carbocycles. The van der Waals surface area contributed by atoms with Gasteiger partial charge in [0.15, 0.2) is 0 Å². The first-order valence-corrected chi connectivity index (χ1v) is 12.9. The third-order valence-corrected chi connectivity index (χ3v) is 6.96. The lowest BCUT2D eigenvalue weighted by molar-refractivity contribution is -0.144. The molecule has 1 fully saturated rings. The van der Waals surface area contributed by atoms with E-state index in [1.165, 1.54) is 24.0 Å². The number of carboxylic acids is 1. The van der Waals surface area contributed by atoms with E-state index in [9.17, 15) is 29.4 Å². The standard InChI is InChI=1S/C28H33N5O6/c1-16(29)25(35)31-22(14-18-15-30-21-6-3-2-5-20(18)21)27(37)33-12-4-7-24(33)26(36)32-23(28(38)39)13-17-8-10-19(34)11-9-17/h2-3,5-6,8-11,15-16,22-24,30,34H,4,7,12-14,29H2,1H3,(H,31,35)(H,32,36)(H,38,39). The average Bonchev–Trinajstić information content (AvgIpc) is 3.56. The molecule has 3 amide bonds. The number of hydrogen-bond donors (Lipinski definition) is 6. The number of amides is 3. The zero-order chi connectivity index (χ0) is 28.1. The number of aliphatic carboxylic acids is 1. The Balaban J connectivity index is 1.51. The molecule has 3 aromatic rings. The van der Waals surface area contributed by atoms with Gasteiger partial charge in [-0.3, -0.25) is 14.4 Å². The van der Waals surface area contributed by atoms with Crippen molar-refractivity contribution in [2.75, 3.05) is 6.54 Å². The summed E-state index contributed by atoms with van der Waals surface area (Å²) >= 11 is 0. The summed E-state index contributed by atoms with van der Waals surface area (Å²) in [5, 5.41) is 25.4. The number of benzene rings is 2. The summed E-state index contributed by atoms with van der Waals surface area (Å²) in [7, 11) is 0. The number of aromatic amines is 1. The Morgan fingerprint density at radius 2 is 1.77 bits per heavy atom. The average molecular weight is 536 g/mol. The minimum absolute atomic E-state index is 0.00958. The van der Waals surface area contributed by atoms with Gasteiger partial charge in [-0.2, -0.15) is 0 Å². The van der Waals surface area contributed by atoms with E-state index in [0.29, 0.717) is 24.9 Å². The van der Waals surface area contributed by atoms with Crippen LogP contribution >= 0.6 is 0 Å². The van der Waals surface area contributed by atoms with Crippen molar-refractivity contribution in [1.29, 1.82) is 0 Å². The van der Waals surface area contributed by atoms with Gasteiger partial charge in [-0.25, -0.2) is 4.79 Å². The first-order chi connectivity index (χ1) is 18.6. The van der Waals surface area contributed by atoms with Gasteiger partial charge in [0.05, 0.1) is 6.04 Å². The van der Waals surface area contributed by atoms with Gasteiger partial charge in [-0.15, -0.1) is 0 Å². The van der Waals surface area contributed by atoms with Crippen LogP contribution in [0.25, 0.3) is 10.9 Å². The van der Waals surface area contributed by atoms with E-state index in [4.69, 9.17) is 5.73 Å². The monoisotopic (exact) mass is 535 g/mol. The van der Waals surface area contributed by atoms with Crippen LogP contribution in [0.2, 0.25) is 0 Å². The van der Waals surface area contributed by atoms with Gasteiger partial charge >= 0.3 is 5.97 Å². The Morgan fingerprint density at radius 3 is 2.46 bits per heavy atom. The Labute approximate surface area is 225 Å². The number of para-hydroxylation sites is 1. The molecule has 0 spiro atoms. The molecule has 39 heavy (non-hydrogen) atoms. The molecular formula is C28H33N5O6. The summed E-state index contributed by atoms with van der Waals surface area (Å²) < 4.78 is 0. The molecule has 4 atom stereocenters. The maximum atomic E-state index is 13.8. The van der Waals surface area contributed by atoms with Crippen molar-refractivity contribution in [1.82, 2.24) is 20.5 Å². The molecule has 0 aliphatic carbocycles. The van der Waals surface area contributed by atoms with Crippen LogP contribution in [0.5, 0.6) is 5.75 Å². The summed E-state index contributed by atoms with van der Waals surface area (Å²) in [6, 6.07) is 9.75. The number of nitrogens with two attached hydrogens (primary N) is 1. The molecule has 1 aromatic heterocycles. The molecule has 0 bridgehead atoms. The molecule has 1 saturated heterocycles. The van der Waals surface area contributed by atoms with Crippen LogP contribution < -0.4 is 16.4 Å². The molecule has 11 heteroatoms. The van der Waals surface area contributed by atoms with Gasteiger partial charge in [0.2, 0.25) is 17.7 Å². The van der Waals surface area contributed by atoms with E-state index in [2.05, 4.69) is 15.6 Å². The summed E-state index contributed by atoms with van der Waals surface area (Å²) in [6.07, 6.45) is 2.91. The molecule has 4 unspecified atom stereocenters. The highest BCUT2D eigenvalue weighted by molar-refractivity contribution is 5.95. The number of carbonyl (C=O) groups is 4. The highest BCUT2D eigenvalue weighted by Crippen LogP contribution is 2.23. The first-order valence-electron chi connectivity index (χ1n) is 12.9. The molecule has 7 N–H and O–H groups in total. The Morgan fingerprint density at radius 1 is 1.05 bits per heavy atom. The number of nitrogens with one attached hydrogen (secondary N) is 3. The highest BCUT2D eigenvalue weighted by Gasteiger charge is 2.39. The topological polar surface area (TPSA) is 178 Å². The third kappa shape index (κ3) is 6.55. The number of H-pyrrole nitrogens is 1. The largest absolute Gasteiger partial charge is 0.508 e. The van der Waals surface area contributed by atoms with Gasteiger partial charge < -0.3 is 36.5 Å². The van der Waals surface area contributed by atoms with Crippen molar-refractivity contribution < 1.29 is 29.4 Å². The molecule has 1 aliphatic heterocycles. The van der Waals surface area contributed by atoms with Crippen LogP contribution in [0.3, 0.4) is 0 Å². The summed E-state index contributed by atoms with van der Waals surface area (Å²) in [4.78, 5) is 56.0. The number of nitrogens with zero attached hydrogens (tertiary/aromatic N) is 1. The fraction of sp³-hybridized carbons (Fsp3) is 0.357. The molecule has 1 aliphatic rings. The van der Waals surface area contributed by atoms with E-state index >= 15 is 0 Å². The number of likely N-dealkylation sites (tertiary alicyclic amines) is 1. The van der Waals surface area contributed by atoms with Crippen molar-refractivity contribution in [3.63, 3.8) is 0 Å². The molecule has 2 heterocycles. The summed E-state index contributed by atoms with van der Waals surface area (Å²) in [5.74, 6) is -2.66. The number of hydrogen-bond acceptors (Lipinski definition) is 6. The van der Waals surface area contributed by atoms with E-state index in [0.717, 1.165) is 16.5 Å². The lowest BCUT2D eigenvalue weighted by atomic mass is 10.0. The molecule has 206 valence electrons. The molecule has 0 radical (unpaired) electrons. The number of fused-ring (bicyclic) bond motifs is 1. The summed E-state index contributed by atoms with van der Waals surface area (Å²) in [6.45, 7) is 1.82. The van der Waals surface area contributed by atoms with Crippen LogP contribution in [0, 0.1) is 0 Å². The number of phenols is 1. The van der Waals surface area contributed by atoms with Gasteiger partial charge in [-0.1, -0.05) is 30.3 Å². The van der Waals surface area contributed by atoms with E-state index < -0.39 is 47.9 Å². The minimum atomic E-state index is -1.22. The van der Waals surface area contributed by atoms with Crippen molar-refractivity contribution in [2.45, 2.75) is 56.8 Å². The number of carbonyl (C=O) groups excluding carboxylic acids is 3. The number of aromatic nitrogens is 1. The van der Waals surface area contributed by atoms with Crippen LogP contribution in [-0.4, -0.2) is 74.5 Å². The second-order valence-electron chi connectivity index (χ2n) is 9.87. The van der Waals surface area contributed by atoms with Crippen LogP contribution in [0.15, 0.2) is 54.7 Å². The SMILES string of the molecule is CC(N)C(=O)NC(Cc1c[nH]c2ccccc12)C(=O)N1CCCC1C(=O)NC(Cc1ccc(O)cc1)C(=O)O.